The number of aromatic nitrogens is 1. The Bertz CT molecular complexity index is 1180. The van der Waals surface area contributed by atoms with Gasteiger partial charge >= 0.3 is 0 Å². The molecule has 5 nitrogen and oxygen atoms in total. The number of thiazole rings is 1. The Morgan fingerprint density at radius 3 is 2.56 bits per heavy atom. The molecule has 0 bridgehead atoms. The molecule has 0 fully saturated rings. The first-order valence-corrected chi connectivity index (χ1v) is 11.3. The Morgan fingerprint density at radius 1 is 1.03 bits per heavy atom. The van der Waals surface area contributed by atoms with Crippen LogP contribution in [0.15, 0.2) is 83.7 Å². The summed E-state index contributed by atoms with van der Waals surface area (Å²) in [6.07, 6.45) is 0. The Labute approximate surface area is 195 Å². The molecule has 1 aromatic heterocycles. The number of carbonyl (C=O) groups excluding carboxylic acids is 1. The number of amides is 1. The van der Waals surface area contributed by atoms with Gasteiger partial charge in [0.1, 0.15) is 6.61 Å². The maximum atomic E-state index is 13.2. The molecule has 1 atom stereocenters. The molecule has 1 unspecified atom stereocenters. The van der Waals surface area contributed by atoms with Crippen molar-refractivity contribution in [3.05, 3.63) is 111 Å². The second kappa shape index (κ2) is 10.3. The van der Waals surface area contributed by atoms with Crippen molar-refractivity contribution in [1.29, 1.82) is 0 Å². The van der Waals surface area contributed by atoms with Crippen molar-refractivity contribution in [2.45, 2.75) is 12.6 Å². The zero-order valence-electron chi connectivity index (χ0n) is 17.3. The van der Waals surface area contributed by atoms with Gasteiger partial charge in [-0.15, -0.1) is 11.3 Å². The smallest absolute Gasteiger partial charge is 0.252 e. The molecule has 0 saturated carbocycles. The molecule has 162 valence electrons. The van der Waals surface area contributed by atoms with Crippen molar-refractivity contribution >= 4 is 28.8 Å². The van der Waals surface area contributed by atoms with Crippen LogP contribution in [0.1, 0.15) is 33.2 Å². The van der Waals surface area contributed by atoms with Gasteiger partial charge in [0, 0.05) is 16.0 Å². The van der Waals surface area contributed by atoms with Gasteiger partial charge < -0.3 is 14.8 Å². The van der Waals surface area contributed by atoms with Crippen LogP contribution in [-0.4, -0.2) is 18.0 Å². The van der Waals surface area contributed by atoms with Crippen LogP contribution >= 0.6 is 22.9 Å². The average molecular weight is 465 g/mol. The Balaban J connectivity index is 1.56. The van der Waals surface area contributed by atoms with Crippen molar-refractivity contribution in [3.63, 3.8) is 0 Å². The van der Waals surface area contributed by atoms with Crippen molar-refractivity contribution in [2.75, 3.05) is 7.11 Å². The number of carbonyl (C=O) groups is 1. The summed E-state index contributed by atoms with van der Waals surface area (Å²) in [6.45, 7) is 0.330. The highest BCUT2D eigenvalue weighted by Gasteiger charge is 2.19. The van der Waals surface area contributed by atoms with E-state index >= 15 is 0 Å². The number of nitrogens with zero attached hydrogens (tertiary/aromatic N) is 1. The molecule has 0 aliphatic heterocycles. The summed E-state index contributed by atoms with van der Waals surface area (Å²) in [6, 6.07) is 22.0. The van der Waals surface area contributed by atoms with Crippen LogP contribution in [0, 0.1) is 0 Å². The Kier molecular flexibility index (Phi) is 7.04. The molecule has 0 saturated heterocycles. The van der Waals surface area contributed by atoms with E-state index in [9.17, 15) is 4.79 Å². The molecular weight excluding hydrogens is 444 g/mol. The van der Waals surface area contributed by atoms with Crippen LogP contribution in [0.4, 0.5) is 0 Å². The zero-order chi connectivity index (χ0) is 22.3. The van der Waals surface area contributed by atoms with E-state index in [0.717, 1.165) is 16.8 Å². The zero-order valence-corrected chi connectivity index (χ0v) is 18.9. The predicted molar refractivity (Wildman–Crippen MR) is 127 cm³/mol. The lowest BCUT2D eigenvalue weighted by molar-refractivity contribution is 0.0942. The lowest BCUT2D eigenvalue weighted by Gasteiger charge is -2.20. The third-order valence-corrected chi connectivity index (χ3v) is 5.75. The van der Waals surface area contributed by atoms with E-state index < -0.39 is 0 Å². The van der Waals surface area contributed by atoms with E-state index in [1.54, 1.807) is 30.8 Å². The fraction of sp³-hybridized carbons (Fsp3) is 0.120. The number of halogens is 1. The van der Waals surface area contributed by atoms with Crippen LogP contribution in [0.3, 0.4) is 0 Å². The van der Waals surface area contributed by atoms with Crippen molar-refractivity contribution in [2.24, 2.45) is 0 Å². The molecule has 0 spiro atoms. The summed E-state index contributed by atoms with van der Waals surface area (Å²) < 4.78 is 11.3. The second-order valence-corrected chi connectivity index (χ2v) is 8.16. The van der Waals surface area contributed by atoms with Crippen LogP contribution in [0.2, 0.25) is 5.02 Å². The Hall–Kier alpha value is -3.35. The highest BCUT2D eigenvalue weighted by atomic mass is 35.5. The normalized spacial score (nSPS) is 11.6. The fourth-order valence-corrected chi connectivity index (χ4v) is 4.04. The summed E-state index contributed by atoms with van der Waals surface area (Å²) in [5.41, 5.74) is 4.91. The molecular formula is C25H21ClN2O3S. The second-order valence-electron chi connectivity index (χ2n) is 7.01. The SMILES string of the molecule is COc1cc(C(=O)NC(c2ccccc2)c2cccc(Cl)c2)ccc1OCc1cscn1. The number of ether oxygens (including phenoxy) is 2. The standard InChI is InChI=1S/C25H21ClN2O3S/c1-30-23-13-19(10-11-22(23)31-14-21-15-32-16-27-21)25(29)28-24(17-6-3-2-4-7-17)18-8-5-9-20(26)12-18/h2-13,15-16,24H,14H2,1H3,(H,28,29). The van der Waals surface area contributed by atoms with Crippen LogP contribution in [-0.2, 0) is 6.61 Å². The fourth-order valence-electron chi connectivity index (χ4n) is 3.29. The highest BCUT2D eigenvalue weighted by molar-refractivity contribution is 7.07. The van der Waals surface area contributed by atoms with Gasteiger partial charge in [-0.3, -0.25) is 4.79 Å². The molecule has 4 aromatic rings. The summed E-state index contributed by atoms with van der Waals surface area (Å²) in [4.78, 5) is 17.4. The Morgan fingerprint density at radius 2 is 1.84 bits per heavy atom. The van der Waals surface area contributed by atoms with Crippen LogP contribution < -0.4 is 14.8 Å². The summed E-state index contributed by atoms with van der Waals surface area (Å²) in [5.74, 6) is 0.793. The van der Waals surface area contributed by atoms with Gasteiger partial charge in [0.15, 0.2) is 11.5 Å². The third kappa shape index (κ3) is 5.28. The van der Waals surface area contributed by atoms with E-state index in [-0.39, 0.29) is 11.9 Å². The van der Waals surface area contributed by atoms with Gasteiger partial charge in [0.2, 0.25) is 0 Å². The summed E-state index contributed by atoms with van der Waals surface area (Å²) >= 11 is 7.72. The largest absolute Gasteiger partial charge is 0.493 e. The topological polar surface area (TPSA) is 60.5 Å². The van der Waals surface area contributed by atoms with Gasteiger partial charge in [-0.2, -0.15) is 0 Å². The molecule has 0 aliphatic carbocycles. The third-order valence-electron chi connectivity index (χ3n) is 4.88. The number of benzene rings is 3. The molecule has 1 amide bonds. The highest BCUT2D eigenvalue weighted by Crippen LogP contribution is 2.30. The van der Waals surface area contributed by atoms with Gasteiger partial charge in [-0.25, -0.2) is 4.98 Å². The molecule has 3 aromatic carbocycles. The first kappa shape index (κ1) is 21.9. The molecule has 4 rings (SSSR count). The minimum absolute atomic E-state index is 0.233. The van der Waals surface area contributed by atoms with Gasteiger partial charge in [-0.1, -0.05) is 54.1 Å². The van der Waals surface area contributed by atoms with Crippen LogP contribution in [0.25, 0.3) is 0 Å². The maximum absolute atomic E-state index is 13.2. The number of nitrogens with one attached hydrogen (secondary N) is 1. The van der Waals surface area contributed by atoms with Gasteiger partial charge in [0.05, 0.1) is 24.4 Å². The summed E-state index contributed by atoms with van der Waals surface area (Å²) in [7, 11) is 1.55. The first-order valence-electron chi connectivity index (χ1n) is 9.93. The van der Waals surface area contributed by atoms with E-state index in [4.69, 9.17) is 21.1 Å². The minimum atomic E-state index is -0.353. The number of methoxy groups -OCH3 is 1. The van der Waals surface area contributed by atoms with E-state index in [1.165, 1.54) is 11.3 Å². The molecule has 1 heterocycles. The number of rotatable bonds is 8. The quantitative estimate of drug-likeness (QED) is 0.352. The maximum Gasteiger partial charge on any atom is 0.252 e. The molecule has 0 aliphatic rings. The first-order chi connectivity index (χ1) is 15.6. The monoisotopic (exact) mass is 464 g/mol. The predicted octanol–water partition coefficient (Wildman–Crippen LogP) is 5.90. The molecule has 1 N–H and O–H groups in total. The van der Waals surface area contributed by atoms with E-state index in [2.05, 4.69) is 10.3 Å². The van der Waals surface area contributed by atoms with Crippen LogP contribution in [0.5, 0.6) is 11.5 Å². The number of hydrogen-bond donors (Lipinski definition) is 1. The van der Waals surface area contributed by atoms with Gasteiger partial charge in [0.25, 0.3) is 5.91 Å². The minimum Gasteiger partial charge on any atom is -0.493 e. The molecule has 0 radical (unpaired) electrons. The van der Waals surface area contributed by atoms with Gasteiger partial charge in [-0.05, 0) is 41.5 Å². The molecule has 32 heavy (non-hydrogen) atoms. The summed E-state index contributed by atoms with van der Waals surface area (Å²) in [5, 5.41) is 5.65. The lowest BCUT2D eigenvalue weighted by Crippen LogP contribution is -2.29. The van der Waals surface area contributed by atoms with E-state index in [1.807, 2.05) is 60.0 Å². The van der Waals surface area contributed by atoms with Crippen molar-refractivity contribution in [1.82, 2.24) is 10.3 Å². The lowest BCUT2D eigenvalue weighted by atomic mass is 9.98. The molecule has 7 heteroatoms. The average Bonchev–Trinajstić information content (AvgIpc) is 3.35. The van der Waals surface area contributed by atoms with Crippen molar-refractivity contribution in [3.8, 4) is 11.5 Å². The van der Waals surface area contributed by atoms with E-state index in [0.29, 0.717) is 28.7 Å². The number of hydrogen-bond acceptors (Lipinski definition) is 5. The van der Waals surface area contributed by atoms with Crippen molar-refractivity contribution < 1.29 is 14.3 Å².